The molecule has 2 heterocycles. The molecule has 0 spiro atoms. The van der Waals surface area contributed by atoms with Crippen molar-refractivity contribution in [3.05, 3.63) is 16.3 Å². The first kappa shape index (κ1) is 7.86. The lowest BCUT2D eigenvalue weighted by atomic mass is 10.4. The molecule has 0 saturated heterocycles. The van der Waals surface area contributed by atoms with Gasteiger partial charge in [0.1, 0.15) is 5.82 Å². The summed E-state index contributed by atoms with van der Waals surface area (Å²) in [4.78, 5) is 11.5. The van der Waals surface area contributed by atoms with Crippen molar-refractivity contribution in [3.63, 3.8) is 0 Å². The van der Waals surface area contributed by atoms with Crippen LogP contribution in [0.25, 0.3) is 0 Å². The topological polar surface area (TPSA) is 39.8 Å². The van der Waals surface area contributed by atoms with Crippen molar-refractivity contribution in [2.24, 2.45) is 0 Å². The minimum Gasteiger partial charge on any atom is -0.279 e. The molecule has 0 fully saturated rings. The molecule has 5 heteroatoms. The Labute approximate surface area is 74.8 Å². The first-order valence-corrected chi connectivity index (χ1v) is 4.59. The summed E-state index contributed by atoms with van der Waals surface area (Å²) in [5.74, 6) is 1.35. The lowest BCUT2D eigenvalue weighted by Gasteiger charge is -1.93. The lowest BCUT2D eigenvalue weighted by molar-refractivity contribution is 0.596. The van der Waals surface area contributed by atoms with E-state index in [9.17, 15) is 4.79 Å². The van der Waals surface area contributed by atoms with Gasteiger partial charge in [-0.05, 0) is 6.42 Å². The van der Waals surface area contributed by atoms with Crippen LogP contribution in [-0.4, -0.2) is 20.2 Å². The second-order valence-electron chi connectivity index (χ2n) is 2.87. The van der Waals surface area contributed by atoms with Crippen molar-refractivity contribution in [2.75, 3.05) is 5.88 Å². The molecule has 66 valence electrons. The Kier molecular flexibility index (Phi) is 1.92. The predicted molar refractivity (Wildman–Crippen MR) is 45.5 cm³/mol. The van der Waals surface area contributed by atoms with Crippen LogP contribution in [0.3, 0.4) is 0 Å². The highest BCUT2D eigenvalue weighted by Gasteiger charge is 2.17. The van der Waals surface area contributed by atoms with Crippen molar-refractivity contribution < 1.29 is 0 Å². The highest BCUT2D eigenvalue weighted by molar-refractivity contribution is 6.17. The van der Waals surface area contributed by atoms with Gasteiger partial charge >= 0.3 is 5.69 Å². The molecule has 2 rings (SSSR count). The van der Waals surface area contributed by atoms with Crippen LogP contribution in [0.15, 0.2) is 4.79 Å². The van der Waals surface area contributed by atoms with E-state index in [4.69, 9.17) is 11.6 Å². The average Bonchev–Trinajstić information content (AvgIpc) is 2.58. The van der Waals surface area contributed by atoms with Crippen LogP contribution in [0.1, 0.15) is 12.2 Å². The molecule has 0 bridgehead atoms. The van der Waals surface area contributed by atoms with Crippen molar-refractivity contribution in [3.8, 4) is 0 Å². The maximum atomic E-state index is 11.5. The predicted octanol–water partition coefficient (Wildman–Crippen LogP) is 0.230. The SMILES string of the molecule is O=c1n(CCCl)nc2n1CCC2. The second-order valence-corrected chi connectivity index (χ2v) is 3.24. The summed E-state index contributed by atoms with van der Waals surface area (Å²) < 4.78 is 3.17. The van der Waals surface area contributed by atoms with E-state index in [1.54, 1.807) is 4.57 Å². The summed E-state index contributed by atoms with van der Waals surface area (Å²) in [5.41, 5.74) is -0.0110. The number of hydrogen-bond acceptors (Lipinski definition) is 2. The van der Waals surface area contributed by atoms with E-state index >= 15 is 0 Å². The van der Waals surface area contributed by atoms with E-state index in [1.807, 2.05) is 0 Å². The van der Waals surface area contributed by atoms with Crippen molar-refractivity contribution in [1.82, 2.24) is 14.3 Å². The Balaban J connectivity index is 2.41. The fourth-order valence-electron chi connectivity index (χ4n) is 1.52. The molecule has 0 N–H and O–H groups in total. The zero-order valence-corrected chi connectivity index (χ0v) is 7.42. The number of rotatable bonds is 2. The Hall–Kier alpha value is -0.770. The summed E-state index contributed by atoms with van der Waals surface area (Å²) in [6.07, 6.45) is 1.96. The molecule has 0 atom stereocenters. The van der Waals surface area contributed by atoms with Crippen molar-refractivity contribution >= 4 is 11.6 Å². The fourth-order valence-corrected chi connectivity index (χ4v) is 1.68. The van der Waals surface area contributed by atoms with E-state index in [2.05, 4.69) is 5.10 Å². The largest absolute Gasteiger partial charge is 0.345 e. The number of aryl methyl sites for hydroxylation is 2. The first-order chi connectivity index (χ1) is 5.83. The summed E-state index contributed by atoms with van der Waals surface area (Å²) >= 11 is 5.52. The molecule has 1 aliphatic heterocycles. The summed E-state index contributed by atoms with van der Waals surface area (Å²) in [5, 5.41) is 4.16. The highest BCUT2D eigenvalue weighted by atomic mass is 35.5. The molecule has 1 aromatic rings. The van der Waals surface area contributed by atoms with Gasteiger partial charge in [0, 0.05) is 18.8 Å². The van der Waals surface area contributed by atoms with Crippen LogP contribution < -0.4 is 5.69 Å². The van der Waals surface area contributed by atoms with Crippen LogP contribution in [0.5, 0.6) is 0 Å². The molecule has 0 amide bonds. The normalized spacial score (nSPS) is 15.1. The molecule has 0 saturated carbocycles. The number of alkyl halides is 1. The second kappa shape index (κ2) is 2.94. The van der Waals surface area contributed by atoms with Gasteiger partial charge in [-0.2, -0.15) is 5.10 Å². The molecule has 0 unspecified atom stereocenters. The van der Waals surface area contributed by atoms with E-state index in [1.165, 1.54) is 4.68 Å². The Morgan fingerprint density at radius 2 is 2.42 bits per heavy atom. The maximum Gasteiger partial charge on any atom is 0.345 e. The molecule has 1 aromatic heterocycles. The third kappa shape index (κ3) is 1.06. The average molecular weight is 188 g/mol. The van der Waals surface area contributed by atoms with E-state index in [-0.39, 0.29) is 5.69 Å². The monoisotopic (exact) mass is 187 g/mol. The van der Waals surface area contributed by atoms with E-state index in [0.717, 1.165) is 25.2 Å². The zero-order valence-electron chi connectivity index (χ0n) is 6.66. The number of nitrogens with zero attached hydrogens (tertiary/aromatic N) is 3. The lowest BCUT2D eigenvalue weighted by Crippen LogP contribution is -2.24. The summed E-state index contributed by atoms with van der Waals surface area (Å²) in [6.45, 7) is 1.33. The molecule has 0 aliphatic carbocycles. The van der Waals surface area contributed by atoms with Crippen LogP contribution >= 0.6 is 11.6 Å². The number of halogens is 1. The Morgan fingerprint density at radius 3 is 3.08 bits per heavy atom. The number of fused-ring (bicyclic) bond motifs is 1. The molecular weight excluding hydrogens is 178 g/mol. The van der Waals surface area contributed by atoms with Gasteiger partial charge in [0.25, 0.3) is 0 Å². The summed E-state index contributed by atoms with van der Waals surface area (Å²) in [7, 11) is 0. The van der Waals surface area contributed by atoms with Gasteiger partial charge in [0.05, 0.1) is 6.54 Å². The molecule has 12 heavy (non-hydrogen) atoms. The van der Waals surface area contributed by atoms with Crippen molar-refractivity contribution in [2.45, 2.75) is 25.9 Å². The molecule has 4 nitrogen and oxygen atoms in total. The van der Waals surface area contributed by atoms with Crippen LogP contribution in [0.4, 0.5) is 0 Å². The minimum atomic E-state index is -0.0110. The van der Waals surface area contributed by atoms with E-state index < -0.39 is 0 Å². The fraction of sp³-hybridized carbons (Fsp3) is 0.714. The van der Waals surface area contributed by atoms with Gasteiger partial charge in [0.2, 0.25) is 0 Å². The smallest absolute Gasteiger partial charge is 0.279 e. The molecule has 0 aromatic carbocycles. The Morgan fingerprint density at radius 1 is 1.58 bits per heavy atom. The standard InChI is InChI=1S/C7H10ClN3O/c8-3-5-11-7(12)10-4-1-2-6(10)9-11/h1-5H2. The third-order valence-electron chi connectivity index (χ3n) is 2.08. The highest BCUT2D eigenvalue weighted by Crippen LogP contribution is 2.07. The van der Waals surface area contributed by atoms with Gasteiger partial charge in [-0.1, -0.05) is 0 Å². The van der Waals surface area contributed by atoms with Crippen LogP contribution in [0, 0.1) is 0 Å². The zero-order chi connectivity index (χ0) is 8.55. The minimum absolute atomic E-state index is 0.0110. The quantitative estimate of drug-likeness (QED) is 0.622. The maximum absolute atomic E-state index is 11.5. The first-order valence-electron chi connectivity index (χ1n) is 4.05. The van der Waals surface area contributed by atoms with Crippen LogP contribution in [-0.2, 0) is 19.5 Å². The molecular formula is C7H10ClN3O. The van der Waals surface area contributed by atoms with Gasteiger partial charge in [0.15, 0.2) is 0 Å². The number of hydrogen-bond donors (Lipinski definition) is 0. The Bertz CT molecular complexity index is 341. The molecule has 0 radical (unpaired) electrons. The van der Waals surface area contributed by atoms with Gasteiger partial charge in [-0.3, -0.25) is 4.57 Å². The molecule has 1 aliphatic rings. The van der Waals surface area contributed by atoms with E-state index in [0.29, 0.717) is 12.4 Å². The van der Waals surface area contributed by atoms with Gasteiger partial charge in [-0.25, -0.2) is 9.48 Å². The van der Waals surface area contributed by atoms with Gasteiger partial charge < -0.3 is 0 Å². The number of aromatic nitrogens is 3. The third-order valence-corrected chi connectivity index (χ3v) is 2.25. The van der Waals surface area contributed by atoms with Crippen LogP contribution in [0.2, 0.25) is 0 Å². The van der Waals surface area contributed by atoms with Gasteiger partial charge in [-0.15, -0.1) is 11.6 Å². The summed E-state index contributed by atoms with van der Waals surface area (Å²) in [6, 6.07) is 0. The van der Waals surface area contributed by atoms with Crippen molar-refractivity contribution in [1.29, 1.82) is 0 Å².